The Balaban J connectivity index is 1.79. The van der Waals surface area contributed by atoms with E-state index in [1.54, 1.807) is 0 Å². The van der Waals surface area contributed by atoms with E-state index < -0.39 is 5.60 Å². The highest BCUT2D eigenvalue weighted by Gasteiger charge is 2.53. The lowest BCUT2D eigenvalue weighted by Gasteiger charge is -2.37. The molecule has 30 heavy (non-hydrogen) atoms. The van der Waals surface area contributed by atoms with Crippen LogP contribution in [0.4, 0.5) is 11.4 Å². The second-order valence-corrected chi connectivity index (χ2v) is 7.53. The minimum absolute atomic E-state index is 0.310. The summed E-state index contributed by atoms with van der Waals surface area (Å²) >= 11 is 0. The fraction of sp³-hybridized carbons (Fsp3) is 0.240. The van der Waals surface area contributed by atoms with Gasteiger partial charge in [0.05, 0.1) is 5.56 Å². The highest BCUT2D eigenvalue weighted by Crippen LogP contribution is 2.56. The maximum Gasteiger partial charge on any atom is 0.340 e. The van der Waals surface area contributed by atoms with Crippen molar-refractivity contribution in [3.8, 4) is 11.5 Å². The third-order valence-corrected chi connectivity index (χ3v) is 6.11. The van der Waals surface area contributed by atoms with Crippen LogP contribution < -0.4 is 15.0 Å². The summed E-state index contributed by atoms with van der Waals surface area (Å²) in [6, 6.07) is 19.7. The van der Waals surface area contributed by atoms with Gasteiger partial charge >= 0.3 is 5.97 Å². The van der Waals surface area contributed by atoms with Gasteiger partial charge in [0.1, 0.15) is 11.5 Å². The third-order valence-electron chi connectivity index (χ3n) is 6.11. The van der Waals surface area contributed by atoms with E-state index in [-0.39, 0.29) is 5.97 Å². The number of benzene rings is 3. The number of fused-ring (bicyclic) bond motifs is 6. The minimum Gasteiger partial charge on any atom is -0.456 e. The van der Waals surface area contributed by atoms with Gasteiger partial charge in [0.25, 0.3) is 0 Å². The zero-order chi connectivity index (χ0) is 20.9. The first-order valence-electron chi connectivity index (χ1n) is 10.3. The highest BCUT2D eigenvalue weighted by molar-refractivity contribution is 5.97. The van der Waals surface area contributed by atoms with Gasteiger partial charge in [-0.2, -0.15) is 0 Å². The van der Waals surface area contributed by atoms with Crippen LogP contribution in [-0.2, 0) is 10.3 Å². The van der Waals surface area contributed by atoms with Crippen LogP contribution in [0.1, 0.15) is 40.9 Å². The summed E-state index contributed by atoms with van der Waals surface area (Å²) < 4.78 is 12.6. The lowest BCUT2D eigenvalue weighted by atomic mass is 9.77. The Morgan fingerprint density at radius 3 is 2.33 bits per heavy atom. The Kier molecular flexibility index (Phi) is 4.21. The van der Waals surface area contributed by atoms with Gasteiger partial charge in [0.15, 0.2) is 5.60 Å². The largest absolute Gasteiger partial charge is 0.456 e. The van der Waals surface area contributed by atoms with Crippen molar-refractivity contribution in [2.24, 2.45) is 0 Å². The van der Waals surface area contributed by atoms with Crippen molar-refractivity contribution in [2.75, 3.05) is 30.4 Å². The smallest absolute Gasteiger partial charge is 0.340 e. The zero-order valence-electron chi connectivity index (χ0n) is 17.4. The van der Waals surface area contributed by atoms with Gasteiger partial charge < -0.3 is 19.7 Å². The molecular formula is C25H24N2O3. The molecule has 1 atom stereocenters. The Morgan fingerprint density at radius 2 is 1.60 bits per heavy atom. The predicted octanol–water partition coefficient (Wildman–Crippen LogP) is 5.14. The Hall–Kier alpha value is -3.47. The molecular weight excluding hydrogens is 376 g/mol. The van der Waals surface area contributed by atoms with Gasteiger partial charge in [-0.1, -0.05) is 18.2 Å². The molecule has 1 N–H and O–H groups in total. The molecule has 3 aromatic rings. The SMILES string of the molecule is CCN(CC)c1ccc2c(c1)Oc1cc(NC)ccc1C21OC(=O)c2ccccc21. The van der Waals surface area contributed by atoms with E-state index in [1.807, 2.05) is 61.6 Å². The summed E-state index contributed by atoms with van der Waals surface area (Å²) in [7, 11) is 1.87. The van der Waals surface area contributed by atoms with Gasteiger partial charge in [0, 0.05) is 60.3 Å². The van der Waals surface area contributed by atoms with Crippen LogP contribution in [0, 0.1) is 0 Å². The standard InChI is InChI=1S/C25H24N2O3/c1-4-27(5-2)17-11-13-21-23(15-17)29-22-14-16(26-3)10-12-20(22)25(21)19-9-7-6-8-18(19)24(28)30-25/h6-15,26H,4-5H2,1-3H3. The zero-order valence-corrected chi connectivity index (χ0v) is 17.4. The minimum atomic E-state index is -1.01. The molecule has 152 valence electrons. The van der Waals surface area contributed by atoms with Crippen LogP contribution in [0.25, 0.3) is 0 Å². The summed E-state index contributed by atoms with van der Waals surface area (Å²) in [4.78, 5) is 15.1. The number of esters is 1. The first-order chi connectivity index (χ1) is 14.6. The molecule has 2 aliphatic rings. The number of anilines is 2. The van der Waals surface area contributed by atoms with Crippen molar-refractivity contribution in [2.45, 2.75) is 19.4 Å². The maximum atomic E-state index is 12.9. The van der Waals surface area contributed by atoms with E-state index in [4.69, 9.17) is 9.47 Å². The number of carbonyl (C=O) groups excluding carboxylic acids is 1. The second kappa shape index (κ2) is 6.80. The van der Waals surface area contributed by atoms with Gasteiger partial charge in [-0.15, -0.1) is 0 Å². The van der Waals surface area contributed by atoms with Crippen LogP contribution >= 0.6 is 0 Å². The van der Waals surface area contributed by atoms with Gasteiger partial charge in [0.2, 0.25) is 0 Å². The fourth-order valence-electron chi connectivity index (χ4n) is 4.61. The molecule has 5 nitrogen and oxygen atoms in total. The number of carbonyl (C=O) groups is 1. The molecule has 0 radical (unpaired) electrons. The van der Waals surface area contributed by atoms with Crippen LogP contribution in [0.3, 0.4) is 0 Å². The normalized spacial score (nSPS) is 18.2. The first-order valence-corrected chi connectivity index (χ1v) is 10.3. The van der Waals surface area contributed by atoms with Gasteiger partial charge in [-0.25, -0.2) is 4.79 Å². The first kappa shape index (κ1) is 18.6. The van der Waals surface area contributed by atoms with Crippen molar-refractivity contribution in [3.63, 3.8) is 0 Å². The number of hydrogen-bond acceptors (Lipinski definition) is 5. The average Bonchev–Trinajstić information content (AvgIpc) is 3.07. The third kappa shape index (κ3) is 2.45. The van der Waals surface area contributed by atoms with Crippen LogP contribution in [0.2, 0.25) is 0 Å². The Labute approximate surface area is 176 Å². The lowest BCUT2D eigenvalue weighted by molar-refractivity contribution is 0.0224. The molecule has 5 heteroatoms. The molecule has 2 aliphatic heterocycles. The molecule has 2 heterocycles. The molecule has 5 rings (SSSR count). The number of nitrogens with zero attached hydrogens (tertiary/aromatic N) is 1. The Bertz CT molecular complexity index is 1150. The molecule has 0 saturated carbocycles. The molecule has 1 spiro atoms. The van der Waals surface area contributed by atoms with Crippen molar-refractivity contribution in [1.82, 2.24) is 0 Å². The van der Waals surface area contributed by atoms with Crippen molar-refractivity contribution < 1.29 is 14.3 Å². The summed E-state index contributed by atoms with van der Waals surface area (Å²) in [6.45, 7) is 6.07. The lowest BCUT2D eigenvalue weighted by Crippen LogP contribution is -2.33. The van der Waals surface area contributed by atoms with E-state index >= 15 is 0 Å². The molecule has 0 amide bonds. The van der Waals surface area contributed by atoms with E-state index in [1.165, 1.54) is 0 Å². The van der Waals surface area contributed by atoms with E-state index in [9.17, 15) is 4.79 Å². The van der Waals surface area contributed by atoms with Crippen LogP contribution in [0.15, 0.2) is 60.7 Å². The molecule has 3 aromatic carbocycles. The highest BCUT2D eigenvalue weighted by atomic mass is 16.6. The number of hydrogen-bond donors (Lipinski definition) is 1. The molecule has 0 fully saturated rings. The summed E-state index contributed by atoms with van der Waals surface area (Å²) in [5.74, 6) is 1.09. The number of rotatable bonds is 4. The predicted molar refractivity (Wildman–Crippen MR) is 118 cm³/mol. The molecule has 1 unspecified atom stereocenters. The van der Waals surface area contributed by atoms with Gasteiger partial charge in [-0.3, -0.25) is 0 Å². The van der Waals surface area contributed by atoms with Crippen molar-refractivity contribution in [1.29, 1.82) is 0 Å². The number of ether oxygens (including phenoxy) is 2. The van der Waals surface area contributed by atoms with E-state index in [0.29, 0.717) is 17.1 Å². The summed E-state index contributed by atoms with van der Waals surface area (Å²) in [6.07, 6.45) is 0. The van der Waals surface area contributed by atoms with Crippen LogP contribution in [0.5, 0.6) is 11.5 Å². The molecule has 0 saturated heterocycles. The average molecular weight is 400 g/mol. The topological polar surface area (TPSA) is 50.8 Å². The monoisotopic (exact) mass is 400 g/mol. The quantitative estimate of drug-likeness (QED) is 0.615. The second-order valence-electron chi connectivity index (χ2n) is 7.53. The van der Waals surface area contributed by atoms with Crippen molar-refractivity contribution in [3.05, 3.63) is 82.9 Å². The Morgan fingerprint density at radius 1 is 0.900 bits per heavy atom. The molecule has 0 aromatic heterocycles. The summed E-state index contributed by atoms with van der Waals surface area (Å²) in [5.41, 5.74) is 4.15. The fourth-order valence-corrected chi connectivity index (χ4v) is 4.61. The van der Waals surface area contributed by atoms with Crippen molar-refractivity contribution >= 4 is 17.3 Å². The van der Waals surface area contributed by atoms with Crippen LogP contribution in [-0.4, -0.2) is 26.1 Å². The molecule has 0 aliphatic carbocycles. The molecule has 0 bridgehead atoms. The summed E-state index contributed by atoms with van der Waals surface area (Å²) in [5, 5.41) is 3.16. The van der Waals surface area contributed by atoms with E-state index in [2.05, 4.69) is 30.1 Å². The number of nitrogens with one attached hydrogen (secondary N) is 1. The van der Waals surface area contributed by atoms with Gasteiger partial charge in [-0.05, 0) is 44.2 Å². The van der Waals surface area contributed by atoms with E-state index in [0.717, 1.165) is 41.2 Å². The maximum absolute atomic E-state index is 12.9.